The lowest BCUT2D eigenvalue weighted by atomic mass is 9.75. The summed E-state index contributed by atoms with van der Waals surface area (Å²) < 4.78 is 0. The maximum absolute atomic E-state index is 11.9. The minimum absolute atomic E-state index is 0.0935. The van der Waals surface area contributed by atoms with Gasteiger partial charge in [0.1, 0.15) is 0 Å². The molecule has 3 aromatic rings. The van der Waals surface area contributed by atoms with Gasteiger partial charge in [-0.05, 0) is 47.6 Å². The summed E-state index contributed by atoms with van der Waals surface area (Å²) in [5, 5.41) is 13.3. The van der Waals surface area contributed by atoms with E-state index in [1.807, 2.05) is 6.07 Å². The zero-order valence-electron chi connectivity index (χ0n) is 15.1. The molecule has 2 N–H and O–H groups in total. The molecule has 1 heterocycles. The molecule has 0 radical (unpaired) electrons. The number of carboxylic acids is 1. The average molecular weight is 355 g/mol. The Morgan fingerprint density at radius 2 is 1.70 bits per heavy atom. The fourth-order valence-corrected chi connectivity index (χ4v) is 4.87. The lowest BCUT2D eigenvalue weighted by molar-refractivity contribution is 0.0697. The van der Waals surface area contributed by atoms with Crippen molar-refractivity contribution >= 4 is 11.7 Å². The van der Waals surface area contributed by atoms with Crippen molar-refractivity contribution in [3.63, 3.8) is 0 Å². The third-order valence-corrected chi connectivity index (χ3v) is 6.10. The Labute approximate surface area is 158 Å². The van der Waals surface area contributed by atoms with Crippen molar-refractivity contribution in [3.05, 3.63) is 100 Å². The molecule has 3 atom stereocenters. The molecule has 0 spiro atoms. The fraction of sp³-hybridized carbons (Fsp3) is 0.208. The molecule has 0 fully saturated rings. The number of hydrogen-bond donors (Lipinski definition) is 2. The molecule has 27 heavy (non-hydrogen) atoms. The standard InChI is InChI=1S/C24H21NO2/c1-14-9-11-15(12-10-14)22-20-13-16-5-2-3-6-17(16)21(20)18-7-4-8-19(24(26)27)23(18)25-22/h2-12,20-22,25H,13H2,1H3,(H,26,27)/t20-,21-,22+/m1/s1. The second kappa shape index (κ2) is 5.98. The number of para-hydroxylation sites is 1. The first-order valence-electron chi connectivity index (χ1n) is 9.40. The van der Waals surface area contributed by atoms with Crippen LogP contribution in [0.3, 0.4) is 0 Å². The third kappa shape index (κ3) is 2.46. The Balaban J connectivity index is 1.72. The number of nitrogens with one attached hydrogen (secondary N) is 1. The summed E-state index contributed by atoms with van der Waals surface area (Å²) in [7, 11) is 0. The monoisotopic (exact) mass is 355 g/mol. The summed E-state index contributed by atoms with van der Waals surface area (Å²) >= 11 is 0. The van der Waals surface area contributed by atoms with Crippen molar-refractivity contribution in [2.45, 2.75) is 25.3 Å². The highest BCUT2D eigenvalue weighted by Crippen LogP contribution is 2.54. The van der Waals surface area contributed by atoms with Crippen molar-refractivity contribution in [3.8, 4) is 0 Å². The van der Waals surface area contributed by atoms with Crippen LogP contribution in [0.2, 0.25) is 0 Å². The molecule has 1 aliphatic heterocycles. The zero-order valence-corrected chi connectivity index (χ0v) is 15.1. The maximum atomic E-state index is 11.9. The molecule has 0 saturated heterocycles. The first kappa shape index (κ1) is 16.1. The highest BCUT2D eigenvalue weighted by Gasteiger charge is 2.44. The van der Waals surface area contributed by atoms with E-state index in [-0.39, 0.29) is 12.0 Å². The number of hydrogen-bond acceptors (Lipinski definition) is 2. The summed E-state index contributed by atoms with van der Waals surface area (Å²) in [5.74, 6) is -0.281. The number of anilines is 1. The SMILES string of the molecule is Cc1ccc([C@@H]2Nc3c(C(=O)O)cccc3[C@H]3c4ccccc4C[C@H]32)cc1. The molecule has 134 valence electrons. The molecule has 1 aliphatic carbocycles. The Morgan fingerprint density at radius 3 is 2.48 bits per heavy atom. The number of aryl methyl sites for hydroxylation is 1. The van der Waals surface area contributed by atoms with Crippen LogP contribution in [0.4, 0.5) is 5.69 Å². The predicted octanol–water partition coefficient (Wildman–Crippen LogP) is 5.16. The minimum Gasteiger partial charge on any atom is -0.478 e. The molecule has 2 aliphatic rings. The van der Waals surface area contributed by atoms with Gasteiger partial charge in [-0.3, -0.25) is 0 Å². The minimum atomic E-state index is -0.883. The molecule has 3 nitrogen and oxygen atoms in total. The molecular formula is C24H21NO2. The molecule has 5 rings (SSSR count). The van der Waals surface area contributed by atoms with Gasteiger partial charge >= 0.3 is 5.97 Å². The van der Waals surface area contributed by atoms with Gasteiger partial charge in [0.15, 0.2) is 0 Å². The van der Waals surface area contributed by atoms with E-state index >= 15 is 0 Å². The van der Waals surface area contributed by atoms with Gasteiger partial charge in [-0.2, -0.15) is 0 Å². The second-order valence-corrected chi connectivity index (χ2v) is 7.65. The Kier molecular flexibility index (Phi) is 3.57. The zero-order chi connectivity index (χ0) is 18.5. The van der Waals surface area contributed by atoms with E-state index in [9.17, 15) is 9.90 Å². The molecule has 0 saturated carbocycles. The molecule has 0 aromatic heterocycles. The fourth-order valence-electron chi connectivity index (χ4n) is 4.87. The largest absolute Gasteiger partial charge is 0.478 e. The number of rotatable bonds is 2. The first-order chi connectivity index (χ1) is 13.1. The Morgan fingerprint density at radius 1 is 0.963 bits per heavy atom. The number of carbonyl (C=O) groups is 1. The molecular weight excluding hydrogens is 334 g/mol. The molecule has 0 unspecified atom stereocenters. The summed E-state index contributed by atoms with van der Waals surface area (Å²) in [4.78, 5) is 11.9. The number of aromatic carboxylic acids is 1. The normalized spacial score (nSPS) is 22.3. The van der Waals surface area contributed by atoms with Crippen LogP contribution in [0.1, 0.15) is 50.1 Å². The van der Waals surface area contributed by atoms with Crippen molar-refractivity contribution in [2.24, 2.45) is 5.92 Å². The smallest absolute Gasteiger partial charge is 0.337 e. The van der Waals surface area contributed by atoms with E-state index < -0.39 is 5.97 Å². The van der Waals surface area contributed by atoms with Crippen LogP contribution in [0.5, 0.6) is 0 Å². The van der Waals surface area contributed by atoms with Gasteiger partial charge in [0.25, 0.3) is 0 Å². The van der Waals surface area contributed by atoms with E-state index in [1.165, 1.54) is 22.3 Å². The van der Waals surface area contributed by atoms with E-state index in [0.717, 1.165) is 17.7 Å². The summed E-state index contributed by atoms with van der Waals surface area (Å²) in [5.41, 5.74) is 7.39. The summed E-state index contributed by atoms with van der Waals surface area (Å²) in [6, 6.07) is 22.9. The van der Waals surface area contributed by atoms with Crippen LogP contribution in [-0.4, -0.2) is 11.1 Å². The van der Waals surface area contributed by atoms with E-state index in [2.05, 4.69) is 66.8 Å². The Bertz CT molecular complexity index is 1040. The van der Waals surface area contributed by atoms with Gasteiger partial charge < -0.3 is 10.4 Å². The number of benzene rings is 3. The average Bonchev–Trinajstić information content (AvgIpc) is 3.07. The van der Waals surface area contributed by atoms with Crippen LogP contribution < -0.4 is 5.32 Å². The van der Waals surface area contributed by atoms with Crippen LogP contribution in [-0.2, 0) is 6.42 Å². The van der Waals surface area contributed by atoms with Gasteiger partial charge in [0.2, 0.25) is 0 Å². The summed E-state index contributed by atoms with van der Waals surface area (Å²) in [6.45, 7) is 2.09. The van der Waals surface area contributed by atoms with Crippen molar-refractivity contribution < 1.29 is 9.90 Å². The highest BCUT2D eigenvalue weighted by molar-refractivity contribution is 5.96. The van der Waals surface area contributed by atoms with Gasteiger partial charge in [0, 0.05) is 5.92 Å². The second-order valence-electron chi connectivity index (χ2n) is 7.65. The van der Waals surface area contributed by atoms with Crippen LogP contribution in [0.25, 0.3) is 0 Å². The van der Waals surface area contributed by atoms with Gasteiger partial charge in [-0.15, -0.1) is 0 Å². The number of carboxylic acid groups (broad SMARTS) is 1. The van der Waals surface area contributed by atoms with E-state index in [0.29, 0.717) is 11.5 Å². The highest BCUT2D eigenvalue weighted by atomic mass is 16.4. The third-order valence-electron chi connectivity index (χ3n) is 6.10. The molecule has 3 aromatic carbocycles. The van der Waals surface area contributed by atoms with E-state index in [4.69, 9.17) is 0 Å². The predicted molar refractivity (Wildman–Crippen MR) is 106 cm³/mol. The molecule has 0 bridgehead atoms. The summed E-state index contributed by atoms with van der Waals surface area (Å²) in [6.07, 6.45) is 1.00. The number of fused-ring (bicyclic) bond motifs is 5. The van der Waals surface area contributed by atoms with Crippen molar-refractivity contribution in [2.75, 3.05) is 5.32 Å². The van der Waals surface area contributed by atoms with E-state index in [1.54, 1.807) is 6.07 Å². The molecule has 3 heteroatoms. The maximum Gasteiger partial charge on any atom is 0.337 e. The molecule has 0 amide bonds. The first-order valence-corrected chi connectivity index (χ1v) is 9.40. The van der Waals surface area contributed by atoms with Gasteiger partial charge in [-0.25, -0.2) is 4.79 Å². The van der Waals surface area contributed by atoms with Crippen LogP contribution in [0.15, 0.2) is 66.7 Å². The van der Waals surface area contributed by atoms with Gasteiger partial charge in [-0.1, -0.05) is 66.2 Å². The Hall–Kier alpha value is -3.07. The van der Waals surface area contributed by atoms with Crippen LogP contribution in [0, 0.1) is 12.8 Å². The van der Waals surface area contributed by atoms with Gasteiger partial charge in [0.05, 0.1) is 17.3 Å². The quantitative estimate of drug-likeness (QED) is 0.667. The van der Waals surface area contributed by atoms with Crippen LogP contribution >= 0.6 is 0 Å². The lowest BCUT2D eigenvalue weighted by Gasteiger charge is -2.38. The van der Waals surface area contributed by atoms with Crippen molar-refractivity contribution in [1.29, 1.82) is 0 Å². The topological polar surface area (TPSA) is 49.3 Å². The van der Waals surface area contributed by atoms with Crippen molar-refractivity contribution in [1.82, 2.24) is 0 Å². The lowest BCUT2D eigenvalue weighted by Crippen LogP contribution is -2.31.